The molecular formula is C16H16BrFO3. The minimum Gasteiger partial charge on any atom is -0.493 e. The van der Waals surface area contributed by atoms with Crippen LogP contribution >= 0.6 is 15.9 Å². The lowest BCUT2D eigenvalue weighted by atomic mass is 10.00. The first kappa shape index (κ1) is 15.8. The molecule has 0 saturated carbocycles. The molecule has 0 spiro atoms. The van der Waals surface area contributed by atoms with E-state index in [9.17, 15) is 9.50 Å². The third-order valence-electron chi connectivity index (χ3n) is 3.21. The van der Waals surface area contributed by atoms with Crippen molar-refractivity contribution in [3.8, 4) is 11.5 Å². The first-order valence-corrected chi connectivity index (χ1v) is 7.19. The smallest absolute Gasteiger partial charge is 0.166 e. The summed E-state index contributed by atoms with van der Waals surface area (Å²) in [5.41, 5.74) is 1.46. The lowest BCUT2D eigenvalue weighted by Gasteiger charge is -2.17. The van der Waals surface area contributed by atoms with Gasteiger partial charge in [-0.25, -0.2) is 4.39 Å². The van der Waals surface area contributed by atoms with E-state index in [0.717, 1.165) is 5.56 Å². The van der Waals surface area contributed by atoms with E-state index in [2.05, 4.69) is 15.9 Å². The molecule has 0 amide bonds. The van der Waals surface area contributed by atoms with Crippen molar-refractivity contribution in [2.45, 2.75) is 12.5 Å². The monoisotopic (exact) mass is 354 g/mol. The Morgan fingerprint density at radius 1 is 1.19 bits per heavy atom. The minimum atomic E-state index is -0.771. The Labute approximate surface area is 131 Å². The third-order valence-corrected chi connectivity index (χ3v) is 3.81. The summed E-state index contributed by atoms with van der Waals surface area (Å²) in [6.45, 7) is 0. The van der Waals surface area contributed by atoms with Gasteiger partial charge in [0, 0.05) is 12.0 Å². The Morgan fingerprint density at radius 2 is 1.95 bits per heavy atom. The molecule has 0 radical (unpaired) electrons. The summed E-state index contributed by atoms with van der Waals surface area (Å²) < 4.78 is 24.1. The molecule has 0 heterocycles. The van der Waals surface area contributed by atoms with Gasteiger partial charge in [-0.05, 0) is 39.7 Å². The fourth-order valence-corrected chi connectivity index (χ4v) is 2.60. The Hall–Kier alpha value is -1.59. The Bertz CT molecular complexity index is 631. The van der Waals surface area contributed by atoms with E-state index in [1.807, 2.05) is 0 Å². The summed E-state index contributed by atoms with van der Waals surface area (Å²) in [4.78, 5) is 0. The molecule has 3 nitrogen and oxygen atoms in total. The number of methoxy groups -OCH3 is 2. The van der Waals surface area contributed by atoms with E-state index in [1.54, 1.807) is 37.4 Å². The van der Waals surface area contributed by atoms with Crippen LogP contribution in [-0.2, 0) is 6.42 Å². The maximum Gasteiger partial charge on any atom is 0.166 e. The predicted molar refractivity (Wildman–Crippen MR) is 82.3 cm³/mol. The lowest BCUT2D eigenvalue weighted by Crippen LogP contribution is -2.05. The van der Waals surface area contributed by atoms with Crippen LogP contribution in [0.4, 0.5) is 4.39 Å². The second-order valence-electron chi connectivity index (χ2n) is 4.55. The fourth-order valence-electron chi connectivity index (χ4n) is 2.17. The highest BCUT2D eigenvalue weighted by molar-refractivity contribution is 9.10. The summed E-state index contributed by atoms with van der Waals surface area (Å²) in [7, 11) is 3.08. The Morgan fingerprint density at radius 3 is 2.57 bits per heavy atom. The van der Waals surface area contributed by atoms with Crippen molar-refractivity contribution in [3.63, 3.8) is 0 Å². The van der Waals surface area contributed by atoms with Gasteiger partial charge in [-0.3, -0.25) is 0 Å². The molecular weight excluding hydrogens is 339 g/mol. The zero-order valence-corrected chi connectivity index (χ0v) is 13.4. The highest BCUT2D eigenvalue weighted by Gasteiger charge is 2.17. The molecule has 0 aromatic heterocycles. The minimum absolute atomic E-state index is 0.327. The molecule has 0 saturated heterocycles. The normalized spacial score (nSPS) is 12.0. The number of benzene rings is 2. The van der Waals surface area contributed by atoms with Gasteiger partial charge >= 0.3 is 0 Å². The number of rotatable bonds is 5. The van der Waals surface area contributed by atoms with Crippen molar-refractivity contribution < 1.29 is 19.0 Å². The molecule has 1 N–H and O–H groups in total. The standard InChI is InChI=1S/C16H16BrFO3/c1-20-15-5-3-4-11(16(15)21-2)14(19)9-10-6-7-13(18)12(17)8-10/h3-8,14,19H,9H2,1-2H3. The van der Waals surface area contributed by atoms with Crippen molar-refractivity contribution in [1.82, 2.24) is 0 Å². The van der Waals surface area contributed by atoms with Crippen LogP contribution in [0.1, 0.15) is 17.2 Å². The average Bonchev–Trinajstić information content (AvgIpc) is 2.49. The maximum atomic E-state index is 13.2. The van der Waals surface area contributed by atoms with Crippen LogP contribution in [0.3, 0.4) is 0 Å². The van der Waals surface area contributed by atoms with Crippen LogP contribution in [0.5, 0.6) is 11.5 Å². The molecule has 2 rings (SSSR count). The SMILES string of the molecule is COc1cccc(C(O)Cc2ccc(F)c(Br)c2)c1OC. The number of halogens is 2. The van der Waals surface area contributed by atoms with Crippen molar-refractivity contribution >= 4 is 15.9 Å². The van der Waals surface area contributed by atoms with Crippen LogP contribution in [0.25, 0.3) is 0 Å². The van der Waals surface area contributed by atoms with Gasteiger partial charge in [0.1, 0.15) is 5.82 Å². The van der Waals surface area contributed by atoms with Gasteiger partial charge in [0.15, 0.2) is 11.5 Å². The second-order valence-corrected chi connectivity index (χ2v) is 5.41. The van der Waals surface area contributed by atoms with E-state index < -0.39 is 6.10 Å². The van der Waals surface area contributed by atoms with E-state index in [-0.39, 0.29) is 5.82 Å². The first-order chi connectivity index (χ1) is 10.1. The topological polar surface area (TPSA) is 38.7 Å². The van der Waals surface area contributed by atoms with Gasteiger partial charge in [0.05, 0.1) is 24.8 Å². The van der Waals surface area contributed by atoms with Gasteiger partial charge in [0.25, 0.3) is 0 Å². The number of aliphatic hydroxyl groups excluding tert-OH is 1. The molecule has 1 unspecified atom stereocenters. The van der Waals surface area contributed by atoms with E-state index in [0.29, 0.717) is 28.0 Å². The largest absolute Gasteiger partial charge is 0.493 e. The molecule has 2 aromatic rings. The van der Waals surface area contributed by atoms with E-state index in [4.69, 9.17) is 9.47 Å². The number of para-hydroxylation sites is 1. The van der Waals surface area contributed by atoms with Crippen molar-refractivity contribution in [3.05, 3.63) is 57.8 Å². The number of hydrogen-bond donors (Lipinski definition) is 1. The van der Waals surface area contributed by atoms with Gasteiger partial charge in [-0.15, -0.1) is 0 Å². The summed E-state index contributed by atoms with van der Waals surface area (Å²) in [6, 6.07) is 10.0. The summed E-state index contributed by atoms with van der Waals surface area (Å²) >= 11 is 3.14. The molecule has 112 valence electrons. The first-order valence-electron chi connectivity index (χ1n) is 6.39. The Kier molecular flexibility index (Phi) is 5.20. The maximum absolute atomic E-state index is 13.2. The highest BCUT2D eigenvalue weighted by Crippen LogP contribution is 2.35. The lowest BCUT2D eigenvalue weighted by molar-refractivity contribution is 0.173. The van der Waals surface area contributed by atoms with Crippen molar-refractivity contribution in [1.29, 1.82) is 0 Å². The zero-order valence-electron chi connectivity index (χ0n) is 11.8. The van der Waals surface area contributed by atoms with Gasteiger partial charge < -0.3 is 14.6 Å². The van der Waals surface area contributed by atoms with Crippen LogP contribution < -0.4 is 9.47 Å². The van der Waals surface area contributed by atoms with Crippen molar-refractivity contribution in [2.75, 3.05) is 14.2 Å². The van der Waals surface area contributed by atoms with E-state index >= 15 is 0 Å². The fraction of sp³-hybridized carbons (Fsp3) is 0.250. The molecule has 2 aromatic carbocycles. The average molecular weight is 355 g/mol. The van der Waals surface area contributed by atoms with Gasteiger partial charge in [0.2, 0.25) is 0 Å². The number of ether oxygens (including phenoxy) is 2. The zero-order chi connectivity index (χ0) is 15.4. The number of aliphatic hydroxyl groups is 1. The molecule has 0 aliphatic carbocycles. The van der Waals surface area contributed by atoms with Crippen LogP contribution in [0.15, 0.2) is 40.9 Å². The molecule has 0 aliphatic rings. The molecule has 1 atom stereocenters. The van der Waals surface area contributed by atoms with Crippen LogP contribution in [-0.4, -0.2) is 19.3 Å². The summed E-state index contributed by atoms with van der Waals surface area (Å²) in [6.07, 6.45) is -0.421. The van der Waals surface area contributed by atoms with Gasteiger partial charge in [-0.1, -0.05) is 18.2 Å². The molecule has 0 bridgehead atoms. The predicted octanol–water partition coefficient (Wildman–Crippen LogP) is 3.88. The highest BCUT2D eigenvalue weighted by atomic mass is 79.9. The molecule has 21 heavy (non-hydrogen) atoms. The molecule has 5 heteroatoms. The number of hydrogen-bond acceptors (Lipinski definition) is 3. The molecule has 0 aliphatic heterocycles. The van der Waals surface area contributed by atoms with Crippen LogP contribution in [0.2, 0.25) is 0 Å². The second kappa shape index (κ2) is 6.91. The molecule has 0 fully saturated rings. The Balaban J connectivity index is 2.27. The van der Waals surface area contributed by atoms with E-state index in [1.165, 1.54) is 13.2 Å². The van der Waals surface area contributed by atoms with Crippen molar-refractivity contribution in [2.24, 2.45) is 0 Å². The summed E-state index contributed by atoms with van der Waals surface area (Å²) in [5, 5.41) is 10.4. The third kappa shape index (κ3) is 3.54. The quantitative estimate of drug-likeness (QED) is 0.885. The summed E-state index contributed by atoms with van der Waals surface area (Å²) in [5.74, 6) is 0.746. The van der Waals surface area contributed by atoms with Crippen LogP contribution in [0, 0.1) is 5.82 Å². The van der Waals surface area contributed by atoms with Gasteiger partial charge in [-0.2, -0.15) is 0 Å².